The average molecular weight is 649 g/mol. The highest BCUT2D eigenvalue weighted by Crippen LogP contribution is 2.46. The minimum atomic E-state index is -0.642. The van der Waals surface area contributed by atoms with Gasteiger partial charge in [0.05, 0.1) is 0 Å². The zero-order valence-electron chi connectivity index (χ0n) is 28.1. The summed E-state index contributed by atoms with van der Waals surface area (Å²) < 4.78 is 10.4. The van der Waals surface area contributed by atoms with Gasteiger partial charge >= 0.3 is 24.2 Å². The summed E-state index contributed by atoms with van der Waals surface area (Å²) in [6.07, 6.45) is 5.30. The van der Waals surface area contributed by atoms with Gasteiger partial charge in [-0.15, -0.1) is 0 Å². The molecule has 2 rings (SSSR count). The summed E-state index contributed by atoms with van der Waals surface area (Å²) in [4.78, 5) is 73.2. The van der Waals surface area contributed by atoms with Crippen molar-refractivity contribution in [3.05, 3.63) is 25.6 Å². The summed E-state index contributed by atoms with van der Waals surface area (Å²) >= 11 is 0. The monoisotopic (exact) mass is 648 g/mol. The van der Waals surface area contributed by atoms with Crippen molar-refractivity contribution in [3.8, 4) is 0 Å². The first-order chi connectivity index (χ1) is 21.5. The Morgan fingerprint density at radius 3 is 1.83 bits per heavy atom. The predicted molar refractivity (Wildman–Crippen MR) is 171 cm³/mol. The molecule has 5 atom stereocenters. The molecule has 2 aliphatic rings. The average Bonchev–Trinajstić information content (AvgIpc) is 2.93. The van der Waals surface area contributed by atoms with Gasteiger partial charge in [0.1, 0.15) is 13.2 Å². The molecule has 0 aromatic rings. The summed E-state index contributed by atoms with van der Waals surface area (Å²) in [7, 11) is 0. The van der Waals surface area contributed by atoms with Crippen LogP contribution in [-0.2, 0) is 19.1 Å². The third-order valence-corrected chi connectivity index (χ3v) is 8.98. The standard InChI is InChI=1S/C32H52N6O8/c1-9-37(20-39)26(41)35-23-13-22(3)25(31(6,7)15-23)17-33-28(43)45-11-12-46-29(44)34-19-32(8)16-24(14-30(4,5)18-32)36-27(42)38(10-2)21-40/h9-10,20-25H,1-2,11-19H2,3-8H3,(H,33,43)(H,34,44)(H,35,41)(H,36,42). The van der Waals surface area contributed by atoms with Gasteiger partial charge in [-0.2, -0.15) is 0 Å². The molecule has 8 amide bonds. The third-order valence-electron chi connectivity index (χ3n) is 8.98. The van der Waals surface area contributed by atoms with Crippen molar-refractivity contribution in [3.63, 3.8) is 0 Å². The van der Waals surface area contributed by atoms with Crippen LogP contribution < -0.4 is 21.3 Å². The van der Waals surface area contributed by atoms with Crippen molar-refractivity contribution in [2.24, 2.45) is 28.1 Å². The van der Waals surface area contributed by atoms with E-state index < -0.39 is 24.2 Å². The van der Waals surface area contributed by atoms with Crippen molar-refractivity contribution >= 4 is 37.1 Å². The largest absolute Gasteiger partial charge is 0.446 e. The number of urea groups is 2. The molecule has 46 heavy (non-hydrogen) atoms. The second-order valence-corrected chi connectivity index (χ2v) is 14.3. The second-order valence-electron chi connectivity index (χ2n) is 14.3. The lowest BCUT2D eigenvalue weighted by Crippen LogP contribution is -2.52. The molecule has 14 heteroatoms. The van der Waals surface area contributed by atoms with Gasteiger partial charge in [-0.25, -0.2) is 29.0 Å². The number of amides is 8. The minimum absolute atomic E-state index is 0.113. The molecule has 4 N–H and O–H groups in total. The van der Waals surface area contributed by atoms with E-state index in [-0.39, 0.29) is 53.4 Å². The Labute approximate surface area is 272 Å². The van der Waals surface area contributed by atoms with Gasteiger partial charge in [-0.1, -0.05) is 54.7 Å². The van der Waals surface area contributed by atoms with Crippen LogP contribution in [0.25, 0.3) is 0 Å². The number of nitrogens with zero attached hydrogens (tertiary/aromatic N) is 2. The van der Waals surface area contributed by atoms with Gasteiger partial charge < -0.3 is 30.7 Å². The zero-order valence-corrected chi connectivity index (χ0v) is 28.1. The number of imide groups is 2. The van der Waals surface area contributed by atoms with Crippen LogP contribution in [0.2, 0.25) is 0 Å². The van der Waals surface area contributed by atoms with E-state index in [0.29, 0.717) is 45.2 Å². The fraction of sp³-hybridized carbons (Fsp3) is 0.688. The summed E-state index contributed by atoms with van der Waals surface area (Å²) in [6.45, 7) is 19.8. The number of carbonyl (C=O) groups excluding carboxylic acids is 6. The van der Waals surface area contributed by atoms with Gasteiger partial charge in [-0.05, 0) is 60.2 Å². The zero-order chi connectivity index (χ0) is 34.7. The molecule has 0 bridgehead atoms. The van der Waals surface area contributed by atoms with E-state index in [1.165, 1.54) is 0 Å². The second kappa shape index (κ2) is 16.5. The molecule has 0 aromatic carbocycles. The van der Waals surface area contributed by atoms with E-state index in [4.69, 9.17) is 9.47 Å². The Bertz CT molecular complexity index is 1130. The lowest BCUT2D eigenvalue weighted by atomic mass is 9.62. The number of alkyl carbamates (subject to hydrolysis) is 2. The molecule has 0 aliphatic heterocycles. The number of nitrogens with one attached hydrogen (secondary N) is 4. The normalized spacial score (nSPS) is 26.2. The van der Waals surface area contributed by atoms with Crippen molar-refractivity contribution in [1.29, 1.82) is 0 Å². The molecule has 14 nitrogen and oxygen atoms in total. The SMILES string of the molecule is C=CN(C=O)C(=O)NC1CC(C)(C)CC(C)(CNC(=O)OCCOC(=O)NCC2C(C)CC(NC(=O)N(C=C)C=O)CC2(C)C)C1. The van der Waals surface area contributed by atoms with E-state index in [1.807, 2.05) is 6.92 Å². The Balaban J connectivity index is 1.74. The fourth-order valence-corrected chi connectivity index (χ4v) is 7.41. The van der Waals surface area contributed by atoms with Crippen molar-refractivity contribution in [2.75, 3.05) is 26.3 Å². The highest BCUT2D eigenvalue weighted by molar-refractivity contribution is 5.86. The molecule has 2 fully saturated rings. The van der Waals surface area contributed by atoms with Crippen LogP contribution in [0.15, 0.2) is 25.6 Å². The lowest BCUT2D eigenvalue weighted by Gasteiger charge is -2.47. The first-order valence-electron chi connectivity index (χ1n) is 15.6. The van der Waals surface area contributed by atoms with Gasteiger partial charge in [0.2, 0.25) is 12.8 Å². The van der Waals surface area contributed by atoms with Crippen LogP contribution in [0.1, 0.15) is 73.6 Å². The number of ether oxygens (including phenoxy) is 2. The number of hydrogen-bond donors (Lipinski definition) is 4. The molecule has 0 saturated heterocycles. The lowest BCUT2D eigenvalue weighted by molar-refractivity contribution is -0.114. The van der Waals surface area contributed by atoms with Crippen LogP contribution in [-0.4, -0.2) is 85.3 Å². The Kier molecular flexibility index (Phi) is 13.6. The van der Waals surface area contributed by atoms with Gasteiger partial charge in [0.25, 0.3) is 0 Å². The van der Waals surface area contributed by atoms with Crippen LogP contribution in [0.3, 0.4) is 0 Å². The molecule has 0 heterocycles. The smallest absolute Gasteiger partial charge is 0.407 e. The van der Waals surface area contributed by atoms with Gasteiger partial charge in [0.15, 0.2) is 0 Å². The van der Waals surface area contributed by atoms with Crippen molar-refractivity contribution < 1.29 is 38.2 Å². The summed E-state index contributed by atoms with van der Waals surface area (Å²) in [5.41, 5.74) is -0.682. The molecular formula is C32H52N6O8. The van der Waals surface area contributed by atoms with E-state index in [1.54, 1.807) is 0 Å². The molecule has 258 valence electrons. The predicted octanol–water partition coefficient (Wildman–Crippen LogP) is 4.09. The van der Waals surface area contributed by atoms with Crippen LogP contribution in [0.5, 0.6) is 0 Å². The third kappa shape index (κ3) is 11.4. The first-order valence-corrected chi connectivity index (χ1v) is 15.6. The highest BCUT2D eigenvalue weighted by Gasteiger charge is 2.43. The van der Waals surface area contributed by atoms with E-state index >= 15 is 0 Å². The van der Waals surface area contributed by atoms with Crippen LogP contribution in [0.4, 0.5) is 19.2 Å². The summed E-state index contributed by atoms with van der Waals surface area (Å²) in [5, 5.41) is 11.3. The van der Waals surface area contributed by atoms with E-state index in [9.17, 15) is 28.8 Å². The number of rotatable bonds is 13. The topological polar surface area (TPSA) is 175 Å². The Morgan fingerprint density at radius 1 is 0.804 bits per heavy atom. The Morgan fingerprint density at radius 2 is 1.33 bits per heavy atom. The van der Waals surface area contributed by atoms with E-state index in [0.717, 1.165) is 35.0 Å². The first kappa shape index (κ1) is 38.1. The van der Waals surface area contributed by atoms with Crippen molar-refractivity contribution in [2.45, 2.75) is 85.7 Å². The minimum Gasteiger partial charge on any atom is -0.446 e. The maximum Gasteiger partial charge on any atom is 0.407 e. The van der Waals surface area contributed by atoms with Crippen LogP contribution >= 0.6 is 0 Å². The summed E-state index contributed by atoms with van der Waals surface area (Å²) in [6, 6.07) is -1.39. The van der Waals surface area contributed by atoms with Crippen LogP contribution in [0, 0.1) is 28.1 Å². The maximum atomic E-state index is 12.4. The maximum absolute atomic E-state index is 12.4. The van der Waals surface area contributed by atoms with Gasteiger partial charge in [-0.3, -0.25) is 9.59 Å². The molecule has 2 saturated carbocycles. The van der Waals surface area contributed by atoms with Gasteiger partial charge in [0, 0.05) is 37.6 Å². The quantitative estimate of drug-likeness (QED) is 0.171. The molecule has 0 aromatic heterocycles. The highest BCUT2D eigenvalue weighted by atomic mass is 16.6. The fourth-order valence-electron chi connectivity index (χ4n) is 7.41. The number of hydrogen-bond acceptors (Lipinski definition) is 8. The molecule has 5 unspecified atom stereocenters. The summed E-state index contributed by atoms with van der Waals surface area (Å²) in [5.74, 6) is 0.276. The van der Waals surface area contributed by atoms with Crippen molar-refractivity contribution in [1.82, 2.24) is 31.1 Å². The Hall–Kier alpha value is -4.10. The molecular weight excluding hydrogens is 596 g/mol. The molecule has 0 spiro atoms. The number of carbonyl (C=O) groups is 6. The van der Waals surface area contributed by atoms with E-state index in [2.05, 4.69) is 69.0 Å². The molecule has 2 aliphatic carbocycles. The molecule has 0 radical (unpaired) electrons.